The molecule has 100 valence electrons. The van der Waals surface area contributed by atoms with Gasteiger partial charge < -0.3 is 10.2 Å². The lowest BCUT2D eigenvalue weighted by molar-refractivity contribution is -0.173. The predicted molar refractivity (Wildman–Crippen MR) is 58.6 cm³/mol. The largest absolute Gasteiger partial charge is 0.471 e. The number of piperidine rings is 1. The van der Waals surface area contributed by atoms with Crippen molar-refractivity contribution in [2.24, 2.45) is 0 Å². The Labute approximate surface area is 99.4 Å². The lowest BCUT2D eigenvalue weighted by Crippen LogP contribution is -2.37. The summed E-state index contributed by atoms with van der Waals surface area (Å²) in [6.45, 7) is 3.21. The number of nitrogens with one attached hydrogen (secondary N) is 1. The first-order valence-electron chi connectivity index (χ1n) is 6.07. The summed E-state index contributed by atoms with van der Waals surface area (Å²) in [5.41, 5.74) is 0. The molecule has 1 rings (SSSR count). The van der Waals surface area contributed by atoms with Crippen molar-refractivity contribution in [1.82, 2.24) is 10.2 Å². The Morgan fingerprint density at radius 3 is 2.35 bits per heavy atom. The van der Waals surface area contributed by atoms with E-state index in [9.17, 15) is 18.0 Å². The van der Waals surface area contributed by atoms with E-state index in [0.29, 0.717) is 6.42 Å². The lowest BCUT2D eigenvalue weighted by atomic mass is 10.1. The van der Waals surface area contributed by atoms with Gasteiger partial charge in [-0.3, -0.25) is 4.79 Å². The van der Waals surface area contributed by atoms with Gasteiger partial charge in [-0.2, -0.15) is 13.2 Å². The Morgan fingerprint density at radius 1 is 1.12 bits per heavy atom. The van der Waals surface area contributed by atoms with Crippen LogP contribution in [0.4, 0.5) is 13.2 Å². The highest BCUT2D eigenvalue weighted by Gasteiger charge is 2.38. The molecule has 1 saturated heterocycles. The summed E-state index contributed by atoms with van der Waals surface area (Å²) in [5, 5.41) is 1.88. The van der Waals surface area contributed by atoms with Crippen molar-refractivity contribution in [3.63, 3.8) is 0 Å². The Hall–Kier alpha value is -0.780. The van der Waals surface area contributed by atoms with Crippen molar-refractivity contribution >= 4 is 5.91 Å². The average Bonchev–Trinajstić information content (AvgIpc) is 2.28. The normalized spacial score (nSPS) is 18.1. The fourth-order valence-electron chi connectivity index (χ4n) is 1.95. The molecule has 0 saturated carbocycles. The molecule has 0 atom stereocenters. The van der Waals surface area contributed by atoms with Gasteiger partial charge in [0.15, 0.2) is 0 Å². The maximum absolute atomic E-state index is 11.8. The zero-order chi connectivity index (χ0) is 12.7. The summed E-state index contributed by atoms with van der Waals surface area (Å²) in [5.74, 6) is -1.84. The molecule has 17 heavy (non-hydrogen) atoms. The van der Waals surface area contributed by atoms with Crippen molar-refractivity contribution in [3.8, 4) is 0 Å². The number of amides is 1. The summed E-state index contributed by atoms with van der Waals surface area (Å²) in [6, 6.07) is 0. The van der Waals surface area contributed by atoms with Crippen LogP contribution in [0.5, 0.6) is 0 Å². The molecule has 1 fully saturated rings. The molecule has 1 aliphatic rings. The lowest BCUT2D eigenvalue weighted by Gasteiger charge is -2.26. The second-order valence-corrected chi connectivity index (χ2v) is 4.36. The topological polar surface area (TPSA) is 32.3 Å². The second-order valence-electron chi connectivity index (χ2n) is 4.36. The first-order valence-corrected chi connectivity index (χ1v) is 6.07. The average molecular weight is 252 g/mol. The summed E-state index contributed by atoms with van der Waals surface area (Å²) < 4.78 is 35.5. The smallest absolute Gasteiger partial charge is 0.348 e. The molecule has 0 radical (unpaired) electrons. The third-order valence-electron chi connectivity index (χ3n) is 2.89. The van der Waals surface area contributed by atoms with Crippen molar-refractivity contribution in [1.29, 1.82) is 0 Å². The van der Waals surface area contributed by atoms with Gasteiger partial charge in [0.05, 0.1) is 0 Å². The summed E-state index contributed by atoms with van der Waals surface area (Å²) >= 11 is 0. The Bertz CT molecular complexity index is 237. The third-order valence-corrected chi connectivity index (χ3v) is 2.89. The quantitative estimate of drug-likeness (QED) is 0.758. The van der Waals surface area contributed by atoms with Gasteiger partial charge in [0.25, 0.3) is 0 Å². The summed E-state index contributed by atoms with van der Waals surface area (Å²) in [4.78, 5) is 12.8. The third kappa shape index (κ3) is 5.91. The molecule has 0 aromatic carbocycles. The van der Waals surface area contributed by atoms with Crippen molar-refractivity contribution in [2.75, 3.05) is 26.2 Å². The van der Waals surface area contributed by atoms with Gasteiger partial charge in [0.2, 0.25) is 0 Å². The van der Waals surface area contributed by atoms with E-state index in [1.807, 2.05) is 5.32 Å². The number of alkyl halides is 3. The molecule has 0 spiro atoms. The van der Waals surface area contributed by atoms with Gasteiger partial charge in [-0.1, -0.05) is 6.42 Å². The molecule has 0 aromatic heterocycles. The van der Waals surface area contributed by atoms with E-state index in [1.54, 1.807) is 0 Å². The summed E-state index contributed by atoms with van der Waals surface area (Å²) in [6.07, 6.45) is 0.372. The van der Waals surface area contributed by atoms with Crippen LogP contribution >= 0.6 is 0 Å². The zero-order valence-electron chi connectivity index (χ0n) is 9.85. The van der Waals surface area contributed by atoms with Crippen molar-refractivity contribution < 1.29 is 18.0 Å². The first-order chi connectivity index (χ1) is 8.00. The molecule has 1 heterocycles. The number of unbranched alkanes of at least 4 members (excludes halogenated alkanes) is 1. The minimum absolute atomic E-state index is 0.103. The fraction of sp³-hybridized carbons (Fsp3) is 0.909. The van der Waals surface area contributed by atoms with Crippen LogP contribution in [0.25, 0.3) is 0 Å². The van der Waals surface area contributed by atoms with Crippen LogP contribution in [-0.2, 0) is 4.79 Å². The number of hydrogen-bond acceptors (Lipinski definition) is 2. The standard InChI is InChI=1S/C11H19F3N2O/c12-11(13,14)10(17)15-6-2-5-9-16-7-3-1-4-8-16/h1-9H2,(H,15,17). The SMILES string of the molecule is O=C(NCCCCN1CCCCC1)C(F)(F)F. The fourth-order valence-corrected chi connectivity index (χ4v) is 1.95. The van der Waals surface area contributed by atoms with Crippen LogP contribution in [0.3, 0.4) is 0 Å². The van der Waals surface area contributed by atoms with Crippen LogP contribution in [-0.4, -0.2) is 43.2 Å². The Kier molecular flexibility index (Phi) is 5.74. The maximum atomic E-state index is 11.8. The Morgan fingerprint density at radius 2 is 1.76 bits per heavy atom. The molecule has 0 bridgehead atoms. The van der Waals surface area contributed by atoms with Gasteiger partial charge in [0.1, 0.15) is 0 Å². The van der Waals surface area contributed by atoms with Gasteiger partial charge >= 0.3 is 12.1 Å². The zero-order valence-corrected chi connectivity index (χ0v) is 9.85. The minimum Gasteiger partial charge on any atom is -0.348 e. The maximum Gasteiger partial charge on any atom is 0.471 e. The van der Waals surface area contributed by atoms with Crippen LogP contribution in [0.2, 0.25) is 0 Å². The van der Waals surface area contributed by atoms with Gasteiger partial charge in [-0.25, -0.2) is 0 Å². The molecule has 3 nitrogen and oxygen atoms in total. The molecular weight excluding hydrogens is 233 g/mol. The van der Waals surface area contributed by atoms with Gasteiger partial charge in [-0.05, 0) is 45.3 Å². The second kappa shape index (κ2) is 6.83. The minimum atomic E-state index is -4.76. The molecule has 0 aliphatic carbocycles. The van der Waals surface area contributed by atoms with Crippen LogP contribution in [0.15, 0.2) is 0 Å². The number of nitrogens with zero attached hydrogens (tertiary/aromatic N) is 1. The van der Waals surface area contributed by atoms with Crippen LogP contribution in [0, 0.1) is 0 Å². The monoisotopic (exact) mass is 252 g/mol. The number of likely N-dealkylation sites (tertiary alicyclic amines) is 1. The van der Waals surface area contributed by atoms with Crippen molar-refractivity contribution in [2.45, 2.75) is 38.3 Å². The van der Waals surface area contributed by atoms with E-state index >= 15 is 0 Å². The van der Waals surface area contributed by atoms with Crippen molar-refractivity contribution in [3.05, 3.63) is 0 Å². The highest BCUT2D eigenvalue weighted by atomic mass is 19.4. The number of halogens is 3. The van der Waals surface area contributed by atoms with E-state index in [1.165, 1.54) is 19.3 Å². The molecule has 1 aliphatic heterocycles. The van der Waals surface area contributed by atoms with E-state index < -0.39 is 12.1 Å². The van der Waals surface area contributed by atoms with Gasteiger partial charge in [0, 0.05) is 6.54 Å². The highest BCUT2D eigenvalue weighted by molar-refractivity contribution is 5.81. The molecular formula is C11H19F3N2O. The van der Waals surface area contributed by atoms with E-state index in [0.717, 1.165) is 26.1 Å². The molecule has 6 heteroatoms. The number of hydrogen-bond donors (Lipinski definition) is 1. The molecule has 0 unspecified atom stereocenters. The number of carbonyl (C=O) groups excluding carboxylic acids is 1. The van der Waals surface area contributed by atoms with E-state index in [4.69, 9.17) is 0 Å². The van der Waals surface area contributed by atoms with Crippen LogP contribution in [0.1, 0.15) is 32.1 Å². The molecule has 1 amide bonds. The van der Waals surface area contributed by atoms with Crippen LogP contribution < -0.4 is 5.32 Å². The summed E-state index contributed by atoms with van der Waals surface area (Å²) in [7, 11) is 0. The number of carbonyl (C=O) groups is 1. The molecule has 1 N–H and O–H groups in total. The highest BCUT2D eigenvalue weighted by Crippen LogP contribution is 2.14. The number of rotatable bonds is 5. The van der Waals surface area contributed by atoms with Gasteiger partial charge in [-0.15, -0.1) is 0 Å². The van der Waals surface area contributed by atoms with E-state index in [2.05, 4.69) is 4.90 Å². The van der Waals surface area contributed by atoms with E-state index in [-0.39, 0.29) is 6.54 Å². The Balaban J connectivity index is 1.99. The predicted octanol–water partition coefficient (Wildman–Crippen LogP) is 1.93. The first kappa shape index (κ1) is 14.3. The molecule has 0 aromatic rings.